The third-order valence-corrected chi connectivity index (χ3v) is 5.54. The van der Waals surface area contributed by atoms with Gasteiger partial charge < -0.3 is 9.64 Å². The Morgan fingerprint density at radius 2 is 2.17 bits per heavy atom. The maximum absolute atomic E-state index is 5.96. The zero-order chi connectivity index (χ0) is 15.5. The summed E-state index contributed by atoms with van der Waals surface area (Å²) in [5, 5.41) is 3.25. The van der Waals surface area contributed by atoms with E-state index in [0.29, 0.717) is 0 Å². The standard InChI is InChI=1S/C17H22N4OS/c1-2-5-18-15(3-1)21-7-4-17(13-21)12-20(8-9-22-14-17)11-16-19-6-10-23-16/h1-3,5-6,10H,4,7-9,11-14H2. The van der Waals surface area contributed by atoms with Crippen LogP contribution >= 0.6 is 11.3 Å². The van der Waals surface area contributed by atoms with E-state index in [9.17, 15) is 0 Å². The molecule has 1 spiro atoms. The van der Waals surface area contributed by atoms with Gasteiger partial charge in [0.1, 0.15) is 10.8 Å². The molecule has 2 aliphatic rings. The van der Waals surface area contributed by atoms with Gasteiger partial charge in [-0.1, -0.05) is 6.07 Å². The molecule has 6 heteroatoms. The van der Waals surface area contributed by atoms with Crippen LogP contribution in [0.2, 0.25) is 0 Å². The molecule has 0 radical (unpaired) electrons. The van der Waals surface area contributed by atoms with Crippen LogP contribution in [0.25, 0.3) is 0 Å². The van der Waals surface area contributed by atoms with E-state index in [1.807, 2.05) is 18.5 Å². The molecule has 2 saturated heterocycles. The number of pyridine rings is 1. The second-order valence-electron chi connectivity index (χ2n) is 6.55. The average Bonchev–Trinajstić information content (AvgIpc) is 3.18. The van der Waals surface area contributed by atoms with Crippen molar-refractivity contribution in [3.8, 4) is 0 Å². The molecule has 0 bridgehead atoms. The van der Waals surface area contributed by atoms with E-state index >= 15 is 0 Å². The number of thiazole rings is 1. The molecule has 0 N–H and O–H groups in total. The molecule has 5 nitrogen and oxygen atoms in total. The van der Waals surface area contributed by atoms with Gasteiger partial charge in [-0.15, -0.1) is 11.3 Å². The van der Waals surface area contributed by atoms with Crippen LogP contribution in [-0.2, 0) is 11.3 Å². The summed E-state index contributed by atoms with van der Waals surface area (Å²) >= 11 is 1.74. The van der Waals surface area contributed by atoms with Gasteiger partial charge >= 0.3 is 0 Å². The summed E-state index contributed by atoms with van der Waals surface area (Å²) < 4.78 is 5.96. The van der Waals surface area contributed by atoms with Crippen molar-refractivity contribution in [2.24, 2.45) is 5.41 Å². The van der Waals surface area contributed by atoms with Crippen LogP contribution in [0.5, 0.6) is 0 Å². The molecule has 0 saturated carbocycles. The van der Waals surface area contributed by atoms with Gasteiger partial charge in [-0.05, 0) is 18.6 Å². The highest BCUT2D eigenvalue weighted by atomic mass is 32.1. The van der Waals surface area contributed by atoms with E-state index in [-0.39, 0.29) is 5.41 Å². The number of aromatic nitrogens is 2. The molecule has 4 rings (SSSR count). The number of rotatable bonds is 3. The van der Waals surface area contributed by atoms with Gasteiger partial charge in [0.2, 0.25) is 0 Å². The topological polar surface area (TPSA) is 41.5 Å². The summed E-state index contributed by atoms with van der Waals surface area (Å²) in [4.78, 5) is 13.8. The Bertz CT molecular complexity index is 621. The fraction of sp³-hybridized carbons (Fsp3) is 0.529. The Labute approximate surface area is 140 Å². The van der Waals surface area contributed by atoms with Crippen LogP contribution in [0.4, 0.5) is 5.82 Å². The number of anilines is 1. The molecule has 2 aliphatic heterocycles. The molecule has 23 heavy (non-hydrogen) atoms. The van der Waals surface area contributed by atoms with Crippen LogP contribution in [0.1, 0.15) is 11.4 Å². The summed E-state index contributed by atoms with van der Waals surface area (Å²) in [5.74, 6) is 1.08. The predicted molar refractivity (Wildman–Crippen MR) is 91.7 cm³/mol. The lowest BCUT2D eigenvalue weighted by Gasteiger charge is -2.31. The normalized spacial score (nSPS) is 25.8. The van der Waals surface area contributed by atoms with Crippen molar-refractivity contribution in [3.63, 3.8) is 0 Å². The second-order valence-corrected chi connectivity index (χ2v) is 7.53. The molecule has 0 aromatic carbocycles. The third kappa shape index (κ3) is 3.39. The lowest BCUT2D eigenvalue weighted by atomic mass is 9.87. The first-order valence-electron chi connectivity index (χ1n) is 8.18. The predicted octanol–water partition coefficient (Wildman–Crippen LogP) is 2.27. The van der Waals surface area contributed by atoms with E-state index in [2.05, 4.69) is 37.3 Å². The van der Waals surface area contributed by atoms with Gasteiger partial charge in [0.15, 0.2) is 0 Å². The lowest BCUT2D eigenvalue weighted by Crippen LogP contribution is -2.40. The highest BCUT2D eigenvalue weighted by Crippen LogP contribution is 2.35. The quantitative estimate of drug-likeness (QED) is 0.863. The summed E-state index contributed by atoms with van der Waals surface area (Å²) in [5.41, 5.74) is 0.214. The fourth-order valence-electron chi connectivity index (χ4n) is 3.66. The molecule has 0 amide bonds. The van der Waals surface area contributed by atoms with Crippen molar-refractivity contribution in [2.45, 2.75) is 13.0 Å². The number of hydrogen-bond donors (Lipinski definition) is 0. The minimum Gasteiger partial charge on any atom is -0.379 e. The Hall–Kier alpha value is -1.50. The van der Waals surface area contributed by atoms with Crippen molar-refractivity contribution in [2.75, 3.05) is 44.3 Å². The second kappa shape index (κ2) is 6.55. The smallest absolute Gasteiger partial charge is 0.128 e. The van der Waals surface area contributed by atoms with Crippen LogP contribution in [0.15, 0.2) is 36.0 Å². The Balaban J connectivity index is 1.46. The maximum Gasteiger partial charge on any atom is 0.128 e. The van der Waals surface area contributed by atoms with E-state index in [4.69, 9.17) is 4.74 Å². The van der Waals surface area contributed by atoms with E-state index < -0.39 is 0 Å². The van der Waals surface area contributed by atoms with Crippen molar-refractivity contribution in [1.29, 1.82) is 0 Å². The zero-order valence-electron chi connectivity index (χ0n) is 13.2. The van der Waals surface area contributed by atoms with Gasteiger partial charge in [-0.3, -0.25) is 4.90 Å². The summed E-state index contributed by atoms with van der Waals surface area (Å²) in [6.45, 7) is 6.76. The van der Waals surface area contributed by atoms with Crippen LogP contribution in [-0.4, -0.2) is 54.3 Å². The Morgan fingerprint density at radius 3 is 3.00 bits per heavy atom. The minimum absolute atomic E-state index is 0.214. The average molecular weight is 330 g/mol. The molecular weight excluding hydrogens is 308 g/mol. The molecule has 1 atom stereocenters. The fourth-order valence-corrected chi connectivity index (χ4v) is 4.31. The van der Waals surface area contributed by atoms with Crippen LogP contribution < -0.4 is 4.90 Å². The molecule has 1 unspecified atom stereocenters. The Kier molecular flexibility index (Phi) is 4.29. The molecule has 0 aliphatic carbocycles. The Morgan fingerprint density at radius 1 is 1.17 bits per heavy atom. The number of ether oxygens (including phenoxy) is 1. The van der Waals surface area contributed by atoms with Crippen LogP contribution in [0, 0.1) is 5.41 Å². The third-order valence-electron chi connectivity index (χ3n) is 4.77. The summed E-state index contributed by atoms with van der Waals surface area (Å²) in [6, 6.07) is 6.13. The molecule has 2 aromatic heterocycles. The molecule has 122 valence electrons. The molecule has 2 aromatic rings. The van der Waals surface area contributed by atoms with Gasteiger partial charge in [0, 0.05) is 49.4 Å². The zero-order valence-corrected chi connectivity index (χ0v) is 14.0. The summed E-state index contributed by atoms with van der Waals surface area (Å²) in [7, 11) is 0. The number of hydrogen-bond acceptors (Lipinski definition) is 6. The monoisotopic (exact) mass is 330 g/mol. The maximum atomic E-state index is 5.96. The van der Waals surface area contributed by atoms with Crippen molar-refractivity contribution >= 4 is 17.2 Å². The van der Waals surface area contributed by atoms with Crippen molar-refractivity contribution < 1.29 is 4.74 Å². The SMILES string of the molecule is c1ccc(N2CCC3(COCCN(Cc4nccs4)C3)C2)nc1. The van der Waals surface area contributed by atoms with Gasteiger partial charge in [-0.2, -0.15) is 0 Å². The first-order chi connectivity index (χ1) is 11.3. The van der Waals surface area contributed by atoms with Crippen molar-refractivity contribution in [3.05, 3.63) is 41.0 Å². The van der Waals surface area contributed by atoms with Gasteiger partial charge in [-0.25, -0.2) is 9.97 Å². The first kappa shape index (κ1) is 15.1. The largest absolute Gasteiger partial charge is 0.379 e. The van der Waals surface area contributed by atoms with E-state index in [1.54, 1.807) is 11.3 Å². The highest BCUT2D eigenvalue weighted by molar-refractivity contribution is 7.09. The van der Waals surface area contributed by atoms with Crippen LogP contribution in [0.3, 0.4) is 0 Å². The summed E-state index contributed by atoms with van der Waals surface area (Å²) in [6.07, 6.45) is 4.93. The van der Waals surface area contributed by atoms with Gasteiger partial charge in [0.25, 0.3) is 0 Å². The van der Waals surface area contributed by atoms with E-state index in [0.717, 1.165) is 58.2 Å². The first-order valence-corrected chi connectivity index (χ1v) is 9.05. The molecular formula is C17H22N4OS. The lowest BCUT2D eigenvalue weighted by molar-refractivity contribution is 0.0798. The van der Waals surface area contributed by atoms with Crippen molar-refractivity contribution in [1.82, 2.24) is 14.9 Å². The number of nitrogens with zero attached hydrogens (tertiary/aromatic N) is 4. The van der Waals surface area contributed by atoms with E-state index in [1.165, 1.54) is 5.01 Å². The molecule has 4 heterocycles. The highest BCUT2D eigenvalue weighted by Gasteiger charge is 2.41. The van der Waals surface area contributed by atoms with Gasteiger partial charge in [0.05, 0.1) is 19.8 Å². The minimum atomic E-state index is 0.214. The molecule has 2 fully saturated rings.